The first-order chi connectivity index (χ1) is 8.60. The highest BCUT2D eigenvalue weighted by atomic mass is 16.5. The van der Waals surface area contributed by atoms with E-state index in [4.69, 9.17) is 10.5 Å². The molecule has 102 valence electrons. The van der Waals surface area contributed by atoms with Crippen LogP contribution in [0.4, 0.5) is 5.69 Å². The van der Waals surface area contributed by atoms with Gasteiger partial charge in [0.2, 0.25) is 0 Å². The van der Waals surface area contributed by atoms with Gasteiger partial charge in [-0.1, -0.05) is 26.8 Å². The minimum Gasteiger partial charge on any atom is -0.497 e. The molecule has 0 saturated heterocycles. The normalized spacial score (nSPS) is 11.6. The van der Waals surface area contributed by atoms with E-state index in [1.807, 2.05) is 18.2 Å². The van der Waals surface area contributed by atoms with Crippen LogP contribution in [0.15, 0.2) is 18.2 Å². The molecule has 0 amide bonds. The van der Waals surface area contributed by atoms with Crippen molar-refractivity contribution in [2.45, 2.75) is 52.1 Å². The molecule has 0 saturated carbocycles. The van der Waals surface area contributed by atoms with Crippen LogP contribution in [0.5, 0.6) is 5.75 Å². The summed E-state index contributed by atoms with van der Waals surface area (Å²) in [5.41, 5.74) is 8.18. The summed E-state index contributed by atoms with van der Waals surface area (Å²) in [5.74, 6) is 0.809. The molecule has 0 spiro atoms. The molecule has 1 aromatic carbocycles. The molecule has 18 heavy (non-hydrogen) atoms. The fourth-order valence-electron chi connectivity index (χ4n) is 2.27. The summed E-state index contributed by atoms with van der Waals surface area (Å²) in [6.07, 6.45) is 3.40. The second kappa shape index (κ2) is 6.64. The Labute approximate surface area is 111 Å². The Kier molecular flexibility index (Phi) is 5.48. The van der Waals surface area contributed by atoms with Gasteiger partial charge in [0, 0.05) is 23.8 Å². The fourth-order valence-corrected chi connectivity index (χ4v) is 2.27. The van der Waals surface area contributed by atoms with Crippen molar-refractivity contribution in [1.29, 1.82) is 0 Å². The monoisotopic (exact) mass is 250 g/mol. The van der Waals surface area contributed by atoms with Crippen molar-refractivity contribution >= 4 is 5.69 Å². The van der Waals surface area contributed by atoms with Gasteiger partial charge in [-0.3, -0.25) is 0 Å². The van der Waals surface area contributed by atoms with Crippen molar-refractivity contribution in [2.75, 3.05) is 12.8 Å². The summed E-state index contributed by atoms with van der Waals surface area (Å²) in [5, 5.41) is 3.66. The average molecular weight is 250 g/mol. The summed E-state index contributed by atoms with van der Waals surface area (Å²) in [7, 11) is 1.66. The number of hydrogen-bond acceptors (Lipinski definition) is 3. The van der Waals surface area contributed by atoms with Crippen molar-refractivity contribution < 1.29 is 4.74 Å². The number of methoxy groups -OCH3 is 1. The molecule has 0 aliphatic heterocycles. The highest BCUT2D eigenvalue weighted by molar-refractivity contribution is 5.51. The SMILES string of the molecule is CCC(CC)(CC)NCc1ccc(OC)cc1N. The molecule has 3 nitrogen and oxygen atoms in total. The van der Waals surface area contributed by atoms with Gasteiger partial charge in [-0.05, 0) is 30.9 Å². The van der Waals surface area contributed by atoms with Crippen LogP contribution >= 0.6 is 0 Å². The van der Waals surface area contributed by atoms with Gasteiger partial charge in [0.05, 0.1) is 7.11 Å². The number of ether oxygens (including phenoxy) is 1. The lowest BCUT2D eigenvalue weighted by Crippen LogP contribution is -2.43. The minimum atomic E-state index is 0.229. The van der Waals surface area contributed by atoms with Crippen molar-refractivity contribution in [2.24, 2.45) is 0 Å². The number of anilines is 1. The molecule has 0 aliphatic rings. The van der Waals surface area contributed by atoms with Gasteiger partial charge in [-0.2, -0.15) is 0 Å². The Bertz CT molecular complexity index is 364. The van der Waals surface area contributed by atoms with E-state index in [1.54, 1.807) is 7.11 Å². The largest absolute Gasteiger partial charge is 0.497 e. The van der Waals surface area contributed by atoms with Crippen LogP contribution in [-0.4, -0.2) is 12.6 Å². The van der Waals surface area contributed by atoms with Gasteiger partial charge in [0.25, 0.3) is 0 Å². The van der Waals surface area contributed by atoms with E-state index in [2.05, 4.69) is 26.1 Å². The van der Waals surface area contributed by atoms with Crippen LogP contribution in [0.1, 0.15) is 45.6 Å². The number of benzene rings is 1. The molecule has 0 bridgehead atoms. The zero-order valence-corrected chi connectivity index (χ0v) is 12.0. The number of rotatable bonds is 7. The maximum atomic E-state index is 6.03. The van der Waals surface area contributed by atoms with Crippen LogP contribution < -0.4 is 15.8 Å². The smallest absolute Gasteiger partial charge is 0.120 e. The molecular formula is C15H26N2O. The van der Waals surface area contributed by atoms with E-state index in [0.29, 0.717) is 0 Å². The predicted molar refractivity (Wildman–Crippen MR) is 77.9 cm³/mol. The van der Waals surface area contributed by atoms with E-state index >= 15 is 0 Å². The van der Waals surface area contributed by atoms with Gasteiger partial charge in [0.1, 0.15) is 5.75 Å². The Balaban J connectivity index is 2.73. The summed E-state index contributed by atoms with van der Waals surface area (Å²) < 4.78 is 5.16. The first kappa shape index (κ1) is 14.8. The molecule has 0 fully saturated rings. The fraction of sp³-hybridized carbons (Fsp3) is 0.600. The van der Waals surface area contributed by atoms with Crippen LogP contribution in [0.25, 0.3) is 0 Å². The summed E-state index contributed by atoms with van der Waals surface area (Å²) >= 11 is 0. The number of nitrogens with two attached hydrogens (primary N) is 1. The maximum Gasteiger partial charge on any atom is 0.120 e. The summed E-state index contributed by atoms with van der Waals surface area (Å²) in [6.45, 7) is 7.51. The number of nitrogens with one attached hydrogen (secondary N) is 1. The van der Waals surface area contributed by atoms with Crippen LogP contribution in [-0.2, 0) is 6.54 Å². The lowest BCUT2D eigenvalue weighted by molar-refractivity contribution is 0.288. The van der Waals surface area contributed by atoms with Crippen molar-refractivity contribution in [3.05, 3.63) is 23.8 Å². The zero-order valence-electron chi connectivity index (χ0n) is 12.0. The third-order valence-electron chi connectivity index (χ3n) is 4.04. The second-order valence-corrected chi connectivity index (χ2v) is 4.76. The van der Waals surface area contributed by atoms with Crippen molar-refractivity contribution in [1.82, 2.24) is 5.32 Å². The van der Waals surface area contributed by atoms with E-state index in [0.717, 1.165) is 42.8 Å². The molecule has 0 aromatic heterocycles. The van der Waals surface area contributed by atoms with Crippen molar-refractivity contribution in [3.63, 3.8) is 0 Å². The standard InChI is InChI=1S/C15H26N2O/c1-5-15(6-2,7-3)17-11-12-8-9-13(18-4)10-14(12)16/h8-10,17H,5-7,11,16H2,1-4H3. The van der Waals surface area contributed by atoms with Gasteiger partial charge in [0.15, 0.2) is 0 Å². The Morgan fingerprint density at radius 2 is 1.78 bits per heavy atom. The summed E-state index contributed by atoms with van der Waals surface area (Å²) in [4.78, 5) is 0. The Morgan fingerprint density at radius 3 is 2.22 bits per heavy atom. The second-order valence-electron chi connectivity index (χ2n) is 4.76. The number of nitrogen functional groups attached to an aromatic ring is 1. The third-order valence-corrected chi connectivity index (χ3v) is 4.04. The lowest BCUT2D eigenvalue weighted by Gasteiger charge is -2.32. The first-order valence-corrected chi connectivity index (χ1v) is 6.78. The molecule has 0 radical (unpaired) electrons. The first-order valence-electron chi connectivity index (χ1n) is 6.78. The molecular weight excluding hydrogens is 224 g/mol. The maximum absolute atomic E-state index is 6.03. The van der Waals surface area contributed by atoms with Gasteiger partial charge in [-0.15, -0.1) is 0 Å². The molecule has 0 atom stereocenters. The Morgan fingerprint density at radius 1 is 1.17 bits per heavy atom. The van der Waals surface area contributed by atoms with Crippen molar-refractivity contribution in [3.8, 4) is 5.75 Å². The van der Waals surface area contributed by atoms with Gasteiger partial charge < -0.3 is 15.8 Å². The van der Waals surface area contributed by atoms with E-state index in [1.165, 1.54) is 0 Å². The van der Waals surface area contributed by atoms with Gasteiger partial charge in [-0.25, -0.2) is 0 Å². The molecule has 0 unspecified atom stereocenters. The van der Waals surface area contributed by atoms with Gasteiger partial charge >= 0.3 is 0 Å². The average Bonchev–Trinajstić information content (AvgIpc) is 2.42. The Hall–Kier alpha value is -1.22. The quantitative estimate of drug-likeness (QED) is 0.730. The van der Waals surface area contributed by atoms with E-state index in [-0.39, 0.29) is 5.54 Å². The molecule has 1 aromatic rings. The highest BCUT2D eigenvalue weighted by Gasteiger charge is 2.22. The molecule has 1 rings (SSSR count). The molecule has 0 aliphatic carbocycles. The molecule has 3 heteroatoms. The molecule has 3 N–H and O–H groups in total. The topological polar surface area (TPSA) is 47.3 Å². The predicted octanol–water partition coefficient (Wildman–Crippen LogP) is 3.34. The number of hydrogen-bond donors (Lipinski definition) is 2. The summed E-state index contributed by atoms with van der Waals surface area (Å²) in [6, 6.07) is 5.87. The minimum absolute atomic E-state index is 0.229. The van der Waals surface area contributed by atoms with Crippen LogP contribution in [0, 0.1) is 0 Å². The van der Waals surface area contributed by atoms with E-state index < -0.39 is 0 Å². The lowest BCUT2D eigenvalue weighted by atomic mass is 9.89. The van der Waals surface area contributed by atoms with Crippen LogP contribution in [0.3, 0.4) is 0 Å². The van der Waals surface area contributed by atoms with Crippen LogP contribution in [0.2, 0.25) is 0 Å². The zero-order chi connectivity index (χ0) is 13.6. The third kappa shape index (κ3) is 3.39. The van der Waals surface area contributed by atoms with E-state index in [9.17, 15) is 0 Å². The molecule has 0 heterocycles. The highest BCUT2D eigenvalue weighted by Crippen LogP contribution is 2.23.